The Morgan fingerprint density at radius 3 is 2.89 bits per heavy atom. The lowest BCUT2D eigenvalue weighted by molar-refractivity contribution is -0.125. The van der Waals surface area contributed by atoms with E-state index in [9.17, 15) is 9.18 Å². The molecule has 1 aromatic carbocycles. The van der Waals surface area contributed by atoms with Crippen LogP contribution >= 0.6 is 0 Å². The van der Waals surface area contributed by atoms with E-state index in [1.54, 1.807) is 25.1 Å². The lowest BCUT2D eigenvalue weighted by Crippen LogP contribution is -2.44. The Labute approximate surface area is 107 Å². The zero-order chi connectivity index (χ0) is 13.3. The first-order chi connectivity index (χ1) is 8.45. The van der Waals surface area contributed by atoms with Crippen molar-refractivity contribution in [1.82, 2.24) is 0 Å². The number of rotatable bonds is 2. The van der Waals surface area contributed by atoms with Crippen LogP contribution in [-0.4, -0.2) is 11.9 Å². The van der Waals surface area contributed by atoms with Gasteiger partial charge >= 0.3 is 0 Å². The molecular weight excluding hydrogens is 231 g/mol. The molecule has 1 fully saturated rings. The first-order valence-corrected chi connectivity index (χ1v) is 6.27. The van der Waals surface area contributed by atoms with Crippen molar-refractivity contribution in [2.75, 3.05) is 5.32 Å². The largest absolute Gasteiger partial charge is 0.327 e. The summed E-state index contributed by atoms with van der Waals surface area (Å²) in [6.45, 7) is 3.53. The third-order valence-electron chi connectivity index (χ3n) is 3.99. The van der Waals surface area contributed by atoms with E-state index < -0.39 is 5.41 Å². The maximum absolute atomic E-state index is 13.8. The van der Waals surface area contributed by atoms with Crippen molar-refractivity contribution < 1.29 is 9.18 Å². The van der Waals surface area contributed by atoms with Gasteiger partial charge in [-0.3, -0.25) is 4.79 Å². The van der Waals surface area contributed by atoms with Crippen molar-refractivity contribution in [2.45, 2.75) is 39.2 Å². The number of carbonyl (C=O) groups is 1. The van der Waals surface area contributed by atoms with Gasteiger partial charge in [0.25, 0.3) is 0 Å². The molecule has 1 aromatic rings. The van der Waals surface area contributed by atoms with Gasteiger partial charge in [0.05, 0.1) is 11.1 Å². The van der Waals surface area contributed by atoms with Gasteiger partial charge in [0, 0.05) is 6.04 Å². The van der Waals surface area contributed by atoms with Crippen LogP contribution < -0.4 is 11.1 Å². The molecule has 0 saturated heterocycles. The molecule has 3 nitrogen and oxygen atoms in total. The van der Waals surface area contributed by atoms with Crippen molar-refractivity contribution in [3.8, 4) is 0 Å². The molecule has 4 heteroatoms. The third kappa shape index (κ3) is 2.12. The minimum atomic E-state index is -0.587. The van der Waals surface area contributed by atoms with Crippen LogP contribution in [0.4, 0.5) is 10.1 Å². The standard InChI is InChI=1S/C14H19FN2O/c1-9-5-3-6-10(12(9)15)17-13(18)14(2)8-4-7-11(14)16/h3,5-6,11H,4,7-8,16H2,1-2H3,(H,17,18). The fourth-order valence-corrected chi connectivity index (χ4v) is 2.48. The summed E-state index contributed by atoms with van der Waals surface area (Å²) in [5, 5.41) is 2.67. The molecule has 0 spiro atoms. The van der Waals surface area contributed by atoms with Crippen LogP contribution in [-0.2, 0) is 4.79 Å². The molecular formula is C14H19FN2O. The minimum absolute atomic E-state index is 0.148. The van der Waals surface area contributed by atoms with Gasteiger partial charge in [0.1, 0.15) is 5.82 Å². The molecule has 0 bridgehead atoms. The number of amides is 1. The van der Waals surface area contributed by atoms with Gasteiger partial charge < -0.3 is 11.1 Å². The Morgan fingerprint density at radius 1 is 1.56 bits per heavy atom. The molecule has 1 amide bonds. The topological polar surface area (TPSA) is 55.1 Å². The number of aryl methyl sites for hydroxylation is 1. The van der Waals surface area contributed by atoms with E-state index >= 15 is 0 Å². The van der Waals surface area contributed by atoms with Crippen molar-refractivity contribution in [3.63, 3.8) is 0 Å². The lowest BCUT2D eigenvalue weighted by atomic mass is 9.84. The van der Waals surface area contributed by atoms with E-state index in [4.69, 9.17) is 5.73 Å². The Bertz CT molecular complexity index is 475. The Hall–Kier alpha value is -1.42. The van der Waals surface area contributed by atoms with Crippen molar-refractivity contribution in [3.05, 3.63) is 29.6 Å². The van der Waals surface area contributed by atoms with Gasteiger partial charge in [0.2, 0.25) is 5.91 Å². The number of hydrogen-bond donors (Lipinski definition) is 2. The van der Waals surface area contributed by atoms with E-state index in [2.05, 4.69) is 5.32 Å². The fourth-order valence-electron chi connectivity index (χ4n) is 2.48. The van der Waals surface area contributed by atoms with E-state index in [-0.39, 0.29) is 23.5 Å². The summed E-state index contributed by atoms with van der Waals surface area (Å²) in [5.41, 5.74) is 6.15. The van der Waals surface area contributed by atoms with Crippen LogP contribution in [0.1, 0.15) is 31.7 Å². The average Bonchev–Trinajstić information content (AvgIpc) is 2.67. The molecule has 0 heterocycles. The normalized spacial score (nSPS) is 27.2. The molecule has 0 aliphatic heterocycles. The van der Waals surface area contributed by atoms with Gasteiger partial charge in [-0.15, -0.1) is 0 Å². The number of anilines is 1. The number of carbonyl (C=O) groups excluding carboxylic acids is 1. The Morgan fingerprint density at radius 2 is 2.28 bits per heavy atom. The molecule has 2 atom stereocenters. The first kappa shape index (κ1) is 13.0. The van der Waals surface area contributed by atoms with Gasteiger partial charge in [0.15, 0.2) is 0 Å². The van der Waals surface area contributed by atoms with Crippen molar-refractivity contribution in [1.29, 1.82) is 0 Å². The second kappa shape index (κ2) is 4.69. The number of hydrogen-bond acceptors (Lipinski definition) is 2. The smallest absolute Gasteiger partial charge is 0.231 e. The highest BCUT2D eigenvalue weighted by Crippen LogP contribution is 2.37. The molecule has 1 aliphatic rings. The first-order valence-electron chi connectivity index (χ1n) is 6.27. The summed E-state index contributed by atoms with van der Waals surface area (Å²) in [5.74, 6) is -0.557. The van der Waals surface area contributed by atoms with E-state index in [0.29, 0.717) is 5.56 Å². The summed E-state index contributed by atoms with van der Waals surface area (Å²) in [4.78, 5) is 12.3. The summed E-state index contributed by atoms with van der Waals surface area (Å²) in [6.07, 6.45) is 2.55. The monoisotopic (exact) mass is 250 g/mol. The highest BCUT2D eigenvalue weighted by molar-refractivity contribution is 5.96. The maximum Gasteiger partial charge on any atom is 0.231 e. The summed E-state index contributed by atoms with van der Waals surface area (Å²) in [7, 11) is 0. The maximum atomic E-state index is 13.8. The highest BCUT2D eigenvalue weighted by Gasteiger charge is 2.43. The molecule has 3 N–H and O–H groups in total. The predicted molar refractivity (Wildman–Crippen MR) is 69.7 cm³/mol. The van der Waals surface area contributed by atoms with Crippen LogP contribution in [0.5, 0.6) is 0 Å². The van der Waals surface area contributed by atoms with Crippen molar-refractivity contribution >= 4 is 11.6 Å². The van der Waals surface area contributed by atoms with Crippen LogP contribution in [0.25, 0.3) is 0 Å². The SMILES string of the molecule is Cc1cccc(NC(=O)C2(C)CCCC2N)c1F. The molecule has 0 aromatic heterocycles. The molecule has 98 valence electrons. The van der Waals surface area contributed by atoms with Crippen LogP contribution in [0.2, 0.25) is 0 Å². The molecule has 0 radical (unpaired) electrons. The quantitative estimate of drug-likeness (QED) is 0.847. The minimum Gasteiger partial charge on any atom is -0.327 e. The predicted octanol–water partition coefficient (Wildman–Crippen LogP) is 2.59. The second-order valence-corrected chi connectivity index (χ2v) is 5.31. The zero-order valence-electron chi connectivity index (χ0n) is 10.8. The summed E-state index contributed by atoms with van der Waals surface area (Å²) >= 11 is 0. The second-order valence-electron chi connectivity index (χ2n) is 5.31. The molecule has 18 heavy (non-hydrogen) atoms. The van der Waals surface area contributed by atoms with E-state index in [1.807, 2.05) is 6.92 Å². The Kier molecular flexibility index (Phi) is 3.39. The fraction of sp³-hybridized carbons (Fsp3) is 0.500. The van der Waals surface area contributed by atoms with E-state index in [0.717, 1.165) is 19.3 Å². The van der Waals surface area contributed by atoms with Gasteiger partial charge in [-0.25, -0.2) is 4.39 Å². The number of nitrogens with one attached hydrogen (secondary N) is 1. The molecule has 1 aliphatic carbocycles. The molecule has 1 saturated carbocycles. The Balaban J connectivity index is 2.19. The van der Waals surface area contributed by atoms with Crippen LogP contribution in [0.15, 0.2) is 18.2 Å². The number of halogens is 1. The summed E-state index contributed by atoms with van der Waals surface area (Å²) in [6, 6.07) is 4.83. The molecule has 2 rings (SSSR count). The van der Waals surface area contributed by atoms with Gasteiger partial charge in [-0.1, -0.05) is 18.6 Å². The zero-order valence-corrected chi connectivity index (χ0v) is 10.8. The van der Waals surface area contributed by atoms with Gasteiger partial charge in [-0.2, -0.15) is 0 Å². The summed E-state index contributed by atoms with van der Waals surface area (Å²) < 4.78 is 13.8. The lowest BCUT2D eigenvalue weighted by Gasteiger charge is -2.27. The number of benzene rings is 1. The molecule has 2 unspecified atom stereocenters. The highest BCUT2D eigenvalue weighted by atomic mass is 19.1. The van der Waals surface area contributed by atoms with Crippen molar-refractivity contribution in [2.24, 2.45) is 11.1 Å². The number of nitrogens with two attached hydrogens (primary N) is 1. The van der Waals surface area contributed by atoms with Crippen LogP contribution in [0.3, 0.4) is 0 Å². The third-order valence-corrected chi connectivity index (χ3v) is 3.99. The van der Waals surface area contributed by atoms with Crippen LogP contribution in [0, 0.1) is 18.2 Å². The van der Waals surface area contributed by atoms with E-state index in [1.165, 1.54) is 0 Å². The average molecular weight is 250 g/mol. The van der Waals surface area contributed by atoms with Gasteiger partial charge in [-0.05, 0) is 38.3 Å².